The Morgan fingerprint density at radius 1 is 1.00 bits per heavy atom. The Kier molecular flexibility index (Phi) is 6.08. The molecular weight excluding hydrogens is 390 g/mol. The monoisotopic (exact) mass is 417 g/mol. The quantitative estimate of drug-likeness (QED) is 0.640. The van der Waals surface area contributed by atoms with Crippen LogP contribution in [0.3, 0.4) is 0 Å². The first-order valence-electron chi connectivity index (χ1n) is 10.7. The summed E-state index contributed by atoms with van der Waals surface area (Å²) in [7, 11) is 0. The number of hydrogen-bond acceptors (Lipinski definition) is 3. The molecule has 1 aliphatic heterocycles. The molecule has 1 saturated heterocycles. The molecule has 1 unspecified atom stereocenters. The number of carbonyl (C=O) groups is 2. The Bertz CT molecular complexity index is 1120. The summed E-state index contributed by atoms with van der Waals surface area (Å²) in [6.45, 7) is 4.59. The van der Waals surface area contributed by atoms with Gasteiger partial charge in [0.15, 0.2) is 0 Å². The number of aryl methyl sites for hydroxylation is 1. The fourth-order valence-electron chi connectivity index (χ4n) is 4.39. The van der Waals surface area contributed by atoms with Crippen molar-refractivity contribution < 1.29 is 9.59 Å². The largest absolute Gasteiger partial charge is 0.341 e. The van der Waals surface area contributed by atoms with E-state index in [4.69, 9.17) is 0 Å². The van der Waals surface area contributed by atoms with E-state index in [1.807, 2.05) is 63.2 Å². The van der Waals surface area contributed by atoms with Crippen LogP contribution in [0.5, 0.6) is 0 Å². The second-order valence-electron chi connectivity index (χ2n) is 7.97. The van der Waals surface area contributed by atoms with Gasteiger partial charge in [0.1, 0.15) is 17.8 Å². The molecule has 0 aliphatic carbocycles. The molecule has 3 heterocycles. The second kappa shape index (κ2) is 9.09. The van der Waals surface area contributed by atoms with Crippen molar-refractivity contribution in [2.75, 3.05) is 26.2 Å². The van der Waals surface area contributed by atoms with Gasteiger partial charge in [-0.15, -0.1) is 0 Å². The van der Waals surface area contributed by atoms with Gasteiger partial charge in [-0.3, -0.25) is 9.59 Å². The molecule has 7 heteroatoms. The van der Waals surface area contributed by atoms with Crippen molar-refractivity contribution in [1.29, 1.82) is 5.26 Å². The van der Waals surface area contributed by atoms with Crippen LogP contribution in [-0.4, -0.2) is 56.9 Å². The first kappa shape index (κ1) is 20.7. The minimum absolute atomic E-state index is 0.0545. The SMILES string of the molecule is CC(=O)N1CCCN(C(=O)C(CCn2cccc2C#N)n2ccc3ccccc32)CC1. The Morgan fingerprint density at radius 3 is 2.58 bits per heavy atom. The van der Waals surface area contributed by atoms with E-state index < -0.39 is 0 Å². The number of nitriles is 1. The molecule has 2 amide bonds. The number of rotatable bonds is 5. The number of nitrogens with zero attached hydrogens (tertiary/aromatic N) is 5. The minimum Gasteiger partial charge on any atom is -0.341 e. The van der Waals surface area contributed by atoms with Crippen LogP contribution in [0, 0.1) is 11.3 Å². The van der Waals surface area contributed by atoms with Gasteiger partial charge in [0, 0.05) is 57.6 Å². The normalized spacial score (nSPS) is 15.5. The maximum absolute atomic E-state index is 13.7. The zero-order chi connectivity index (χ0) is 21.8. The average molecular weight is 418 g/mol. The molecule has 3 aromatic rings. The lowest BCUT2D eigenvalue weighted by Crippen LogP contribution is -2.40. The van der Waals surface area contributed by atoms with Crippen LogP contribution in [0.25, 0.3) is 10.9 Å². The van der Waals surface area contributed by atoms with Crippen molar-refractivity contribution in [1.82, 2.24) is 18.9 Å². The van der Waals surface area contributed by atoms with Gasteiger partial charge in [0.05, 0.1) is 0 Å². The molecule has 0 saturated carbocycles. The lowest BCUT2D eigenvalue weighted by Gasteiger charge is -2.28. The molecule has 0 radical (unpaired) electrons. The van der Waals surface area contributed by atoms with Crippen LogP contribution >= 0.6 is 0 Å². The smallest absolute Gasteiger partial charge is 0.245 e. The number of benzene rings is 1. The summed E-state index contributed by atoms with van der Waals surface area (Å²) in [5, 5.41) is 10.4. The third-order valence-corrected chi connectivity index (χ3v) is 6.09. The topological polar surface area (TPSA) is 74.3 Å². The molecule has 1 fully saturated rings. The molecule has 4 rings (SSSR count). The zero-order valence-electron chi connectivity index (χ0n) is 17.8. The third kappa shape index (κ3) is 4.33. The highest BCUT2D eigenvalue weighted by atomic mass is 16.2. The van der Waals surface area contributed by atoms with E-state index in [-0.39, 0.29) is 17.9 Å². The second-order valence-corrected chi connectivity index (χ2v) is 7.97. The Labute approximate surface area is 182 Å². The van der Waals surface area contributed by atoms with E-state index in [2.05, 4.69) is 10.6 Å². The predicted molar refractivity (Wildman–Crippen MR) is 118 cm³/mol. The maximum Gasteiger partial charge on any atom is 0.245 e. The number of amides is 2. The van der Waals surface area contributed by atoms with Gasteiger partial charge in [-0.05, 0) is 42.5 Å². The summed E-state index contributed by atoms with van der Waals surface area (Å²) in [4.78, 5) is 29.2. The first-order chi connectivity index (χ1) is 15.1. The molecule has 160 valence electrons. The molecule has 1 aromatic carbocycles. The Morgan fingerprint density at radius 2 is 1.77 bits per heavy atom. The van der Waals surface area contributed by atoms with Crippen LogP contribution in [0.4, 0.5) is 0 Å². The van der Waals surface area contributed by atoms with E-state index >= 15 is 0 Å². The van der Waals surface area contributed by atoms with E-state index in [1.165, 1.54) is 0 Å². The molecule has 0 N–H and O–H groups in total. The van der Waals surface area contributed by atoms with Gasteiger partial charge in [0.25, 0.3) is 0 Å². The van der Waals surface area contributed by atoms with Crippen molar-refractivity contribution in [2.45, 2.75) is 32.4 Å². The molecule has 1 aliphatic rings. The summed E-state index contributed by atoms with van der Waals surface area (Å²) < 4.78 is 3.95. The van der Waals surface area contributed by atoms with Gasteiger partial charge < -0.3 is 18.9 Å². The third-order valence-electron chi connectivity index (χ3n) is 6.09. The van der Waals surface area contributed by atoms with Gasteiger partial charge in [-0.2, -0.15) is 5.26 Å². The van der Waals surface area contributed by atoms with Crippen LogP contribution in [0.15, 0.2) is 54.9 Å². The first-order valence-corrected chi connectivity index (χ1v) is 10.7. The minimum atomic E-state index is -0.377. The van der Waals surface area contributed by atoms with Crippen molar-refractivity contribution in [3.05, 3.63) is 60.6 Å². The maximum atomic E-state index is 13.7. The van der Waals surface area contributed by atoms with Crippen molar-refractivity contribution >= 4 is 22.7 Å². The number of para-hydroxylation sites is 1. The summed E-state index contributed by atoms with van der Waals surface area (Å²) in [5.41, 5.74) is 1.62. The Hall–Kier alpha value is -3.53. The standard InChI is InChI=1S/C24H27N5O2/c1-19(30)26-12-5-13-28(17-16-26)24(31)23(10-14-27-11-4-7-21(27)18-25)29-15-9-20-6-2-3-8-22(20)29/h2-4,6-9,11,15,23H,5,10,12-14,16-17H2,1H3. The fourth-order valence-corrected chi connectivity index (χ4v) is 4.39. The summed E-state index contributed by atoms with van der Waals surface area (Å²) >= 11 is 0. The molecule has 1 atom stereocenters. The highest BCUT2D eigenvalue weighted by Gasteiger charge is 2.28. The van der Waals surface area contributed by atoms with E-state index in [0.29, 0.717) is 44.8 Å². The van der Waals surface area contributed by atoms with E-state index in [9.17, 15) is 14.9 Å². The number of fused-ring (bicyclic) bond motifs is 1. The molecule has 0 bridgehead atoms. The van der Waals surface area contributed by atoms with Gasteiger partial charge >= 0.3 is 0 Å². The lowest BCUT2D eigenvalue weighted by atomic mass is 10.1. The van der Waals surface area contributed by atoms with Gasteiger partial charge in [-0.25, -0.2) is 0 Å². The van der Waals surface area contributed by atoms with Crippen LogP contribution < -0.4 is 0 Å². The van der Waals surface area contributed by atoms with Crippen LogP contribution in [0.2, 0.25) is 0 Å². The summed E-state index contributed by atoms with van der Waals surface area (Å²) in [5.74, 6) is 0.122. The van der Waals surface area contributed by atoms with Gasteiger partial charge in [0.2, 0.25) is 11.8 Å². The summed E-state index contributed by atoms with van der Waals surface area (Å²) in [6, 6.07) is 15.6. The van der Waals surface area contributed by atoms with Crippen LogP contribution in [-0.2, 0) is 16.1 Å². The Balaban J connectivity index is 1.61. The highest BCUT2D eigenvalue weighted by molar-refractivity contribution is 5.86. The summed E-state index contributed by atoms with van der Waals surface area (Å²) in [6.07, 6.45) is 5.22. The van der Waals surface area contributed by atoms with E-state index in [1.54, 1.807) is 13.0 Å². The fraction of sp³-hybridized carbons (Fsp3) is 0.375. The molecule has 7 nitrogen and oxygen atoms in total. The van der Waals surface area contributed by atoms with E-state index in [0.717, 1.165) is 17.3 Å². The van der Waals surface area contributed by atoms with Crippen molar-refractivity contribution in [3.8, 4) is 6.07 Å². The predicted octanol–water partition coefficient (Wildman–Crippen LogP) is 3.03. The number of hydrogen-bond donors (Lipinski definition) is 0. The molecule has 31 heavy (non-hydrogen) atoms. The highest BCUT2D eigenvalue weighted by Crippen LogP contribution is 2.25. The number of carbonyl (C=O) groups excluding carboxylic acids is 2. The number of aromatic nitrogens is 2. The van der Waals surface area contributed by atoms with Crippen LogP contribution in [0.1, 0.15) is 31.5 Å². The molecular formula is C24H27N5O2. The lowest BCUT2D eigenvalue weighted by molar-refractivity contribution is -0.135. The zero-order valence-corrected chi connectivity index (χ0v) is 17.8. The van der Waals surface area contributed by atoms with Crippen molar-refractivity contribution in [2.24, 2.45) is 0 Å². The van der Waals surface area contributed by atoms with Gasteiger partial charge in [-0.1, -0.05) is 18.2 Å². The van der Waals surface area contributed by atoms with Crippen molar-refractivity contribution in [3.63, 3.8) is 0 Å². The average Bonchev–Trinajstić information content (AvgIpc) is 3.33. The molecule has 0 spiro atoms. The molecule has 2 aromatic heterocycles.